The molecule has 0 aliphatic heterocycles. The summed E-state index contributed by atoms with van der Waals surface area (Å²) in [5.41, 5.74) is 0. The molecule has 0 saturated carbocycles. The Morgan fingerprint density at radius 2 is 1.68 bits per heavy atom. The first kappa shape index (κ1) is 18.2. The molecule has 0 amide bonds. The summed E-state index contributed by atoms with van der Waals surface area (Å²) in [5.74, 6) is 1.68. The quantitative estimate of drug-likeness (QED) is 0.345. The maximum absolute atomic E-state index is 5.51. The minimum atomic E-state index is 0.775. The van der Waals surface area contributed by atoms with E-state index in [-0.39, 0.29) is 0 Å². The predicted octanol–water partition coefficient (Wildman–Crippen LogP) is 2.79. The first-order valence-electron chi connectivity index (χ1n) is 7.73. The highest BCUT2D eigenvalue weighted by molar-refractivity contribution is 5.79. The van der Waals surface area contributed by atoms with E-state index < -0.39 is 0 Å². The van der Waals surface area contributed by atoms with Crippen LogP contribution in [0.15, 0.2) is 4.99 Å². The van der Waals surface area contributed by atoms with E-state index >= 15 is 0 Å². The second kappa shape index (κ2) is 13.7. The van der Waals surface area contributed by atoms with Gasteiger partial charge in [-0.05, 0) is 31.6 Å². The fraction of sp³-hybridized carbons (Fsp3) is 0.933. The van der Waals surface area contributed by atoms with Crippen LogP contribution in [0.1, 0.15) is 52.9 Å². The molecular weight excluding hydrogens is 238 g/mol. The Morgan fingerprint density at radius 1 is 1.05 bits per heavy atom. The number of hydrogen-bond donors (Lipinski definition) is 2. The van der Waals surface area contributed by atoms with Gasteiger partial charge in [0.2, 0.25) is 0 Å². The highest BCUT2D eigenvalue weighted by atomic mass is 16.5. The van der Waals surface area contributed by atoms with Crippen molar-refractivity contribution < 1.29 is 4.74 Å². The van der Waals surface area contributed by atoms with E-state index in [2.05, 4.69) is 36.4 Å². The predicted molar refractivity (Wildman–Crippen MR) is 83.8 cm³/mol. The molecule has 2 N–H and O–H groups in total. The Hall–Kier alpha value is -0.770. The van der Waals surface area contributed by atoms with Crippen molar-refractivity contribution in [2.45, 2.75) is 52.9 Å². The van der Waals surface area contributed by atoms with Crippen LogP contribution in [0.2, 0.25) is 0 Å². The van der Waals surface area contributed by atoms with E-state index in [1.165, 1.54) is 19.3 Å². The summed E-state index contributed by atoms with van der Waals surface area (Å²) in [6.07, 6.45) is 5.84. The van der Waals surface area contributed by atoms with Gasteiger partial charge >= 0.3 is 0 Å². The molecule has 0 bridgehead atoms. The summed E-state index contributed by atoms with van der Waals surface area (Å²) < 4.78 is 5.51. The zero-order chi connectivity index (χ0) is 14.3. The third-order valence-corrected chi connectivity index (χ3v) is 2.87. The normalized spacial score (nSPS) is 11.9. The molecule has 0 aromatic heterocycles. The number of hydrogen-bond acceptors (Lipinski definition) is 2. The third kappa shape index (κ3) is 13.5. The lowest BCUT2D eigenvalue weighted by atomic mass is 10.1. The summed E-state index contributed by atoms with van der Waals surface area (Å²) in [6.45, 7) is 10.3. The van der Waals surface area contributed by atoms with Gasteiger partial charge in [0, 0.05) is 33.4 Å². The van der Waals surface area contributed by atoms with Crippen molar-refractivity contribution in [1.82, 2.24) is 10.6 Å². The monoisotopic (exact) mass is 271 g/mol. The number of aliphatic imine (C=N–C) groups is 1. The summed E-state index contributed by atoms with van der Waals surface area (Å²) in [6, 6.07) is 0. The largest absolute Gasteiger partial charge is 0.381 e. The molecule has 0 rings (SSSR count). The second-order valence-corrected chi connectivity index (χ2v) is 5.28. The third-order valence-electron chi connectivity index (χ3n) is 2.87. The number of nitrogens with one attached hydrogen (secondary N) is 2. The first-order chi connectivity index (χ1) is 9.20. The lowest BCUT2D eigenvalue weighted by molar-refractivity contribution is 0.129. The van der Waals surface area contributed by atoms with E-state index in [1.54, 1.807) is 0 Å². The number of nitrogens with zero attached hydrogens (tertiary/aromatic N) is 1. The molecule has 0 atom stereocenters. The second-order valence-electron chi connectivity index (χ2n) is 5.28. The zero-order valence-corrected chi connectivity index (χ0v) is 13.3. The number of guanidine groups is 1. The Morgan fingerprint density at radius 3 is 2.26 bits per heavy atom. The smallest absolute Gasteiger partial charge is 0.190 e. The minimum absolute atomic E-state index is 0.775. The molecule has 0 unspecified atom stereocenters. The van der Waals surface area contributed by atoms with Crippen molar-refractivity contribution in [1.29, 1.82) is 0 Å². The molecule has 0 aromatic carbocycles. The molecule has 0 saturated heterocycles. The van der Waals surface area contributed by atoms with Crippen molar-refractivity contribution >= 4 is 5.96 Å². The van der Waals surface area contributed by atoms with Gasteiger partial charge in [-0.25, -0.2) is 0 Å². The molecule has 0 aliphatic carbocycles. The SMILES string of the molecule is CCCCOCCCNC(=NC)NCCCC(C)C. The fourth-order valence-electron chi connectivity index (χ4n) is 1.67. The summed E-state index contributed by atoms with van der Waals surface area (Å²) >= 11 is 0. The van der Waals surface area contributed by atoms with Crippen molar-refractivity contribution in [2.75, 3.05) is 33.4 Å². The molecule has 0 fully saturated rings. The molecule has 0 aliphatic rings. The highest BCUT2D eigenvalue weighted by Crippen LogP contribution is 2.01. The Balaban J connectivity index is 3.40. The van der Waals surface area contributed by atoms with Gasteiger partial charge in [0.25, 0.3) is 0 Å². The summed E-state index contributed by atoms with van der Waals surface area (Å²) in [5, 5.41) is 6.64. The Kier molecular flexibility index (Phi) is 13.1. The molecule has 0 radical (unpaired) electrons. The molecular formula is C15H33N3O. The van der Waals surface area contributed by atoms with Gasteiger partial charge in [-0.1, -0.05) is 27.2 Å². The van der Waals surface area contributed by atoms with Gasteiger partial charge < -0.3 is 15.4 Å². The van der Waals surface area contributed by atoms with Crippen molar-refractivity contribution in [3.8, 4) is 0 Å². The van der Waals surface area contributed by atoms with E-state index in [4.69, 9.17) is 4.74 Å². The van der Waals surface area contributed by atoms with Gasteiger partial charge in [0.05, 0.1) is 0 Å². The lowest BCUT2D eigenvalue weighted by Crippen LogP contribution is -2.38. The van der Waals surface area contributed by atoms with E-state index in [0.717, 1.165) is 51.0 Å². The zero-order valence-electron chi connectivity index (χ0n) is 13.3. The maximum Gasteiger partial charge on any atom is 0.190 e. The lowest BCUT2D eigenvalue weighted by Gasteiger charge is -2.12. The van der Waals surface area contributed by atoms with Crippen molar-refractivity contribution in [2.24, 2.45) is 10.9 Å². The standard InChI is InChI=1S/C15H33N3O/c1-5-6-12-19-13-8-11-18-15(16-4)17-10-7-9-14(2)3/h14H,5-13H2,1-4H3,(H2,16,17,18). The number of ether oxygens (including phenoxy) is 1. The average Bonchev–Trinajstić information content (AvgIpc) is 2.39. The van der Waals surface area contributed by atoms with Gasteiger partial charge in [-0.3, -0.25) is 4.99 Å². The van der Waals surface area contributed by atoms with Crippen LogP contribution in [0.5, 0.6) is 0 Å². The topological polar surface area (TPSA) is 45.6 Å². The van der Waals surface area contributed by atoms with Crippen LogP contribution >= 0.6 is 0 Å². The Bertz CT molecular complexity index is 217. The number of rotatable bonds is 11. The molecule has 0 spiro atoms. The van der Waals surface area contributed by atoms with Crippen LogP contribution in [-0.4, -0.2) is 39.3 Å². The summed E-state index contributed by atoms with van der Waals surface area (Å²) in [7, 11) is 1.82. The minimum Gasteiger partial charge on any atom is -0.381 e. The Labute approximate surface area is 119 Å². The van der Waals surface area contributed by atoms with E-state index in [1.807, 2.05) is 7.05 Å². The molecule has 114 valence electrons. The molecule has 4 heteroatoms. The first-order valence-corrected chi connectivity index (χ1v) is 7.73. The number of unbranched alkanes of at least 4 members (excludes halogenated alkanes) is 1. The fourth-order valence-corrected chi connectivity index (χ4v) is 1.67. The maximum atomic E-state index is 5.51. The van der Waals surface area contributed by atoms with E-state index in [0.29, 0.717) is 0 Å². The van der Waals surface area contributed by atoms with Gasteiger partial charge in [0.1, 0.15) is 0 Å². The molecule has 19 heavy (non-hydrogen) atoms. The van der Waals surface area contributed by atoms with Gasteiger partial charge in [-0.15, -0.1) is 0 Å². The van der Waals surface area contributed by atoms with Crippen molar-refractivity contribution in [3.05, 3.63) is 0 Å². The average molecular weight is 271 g/mol. The van der Waals surface area contributed by atoms with Gasteiger partial charge in [0.15, 0.2) is 5.96 Å². The van der Waals surface area contributed by atoms with Crippen LogP contribution in [0.4, 0.5) is 0 Å². The van der Waals surface area contributed by atoms with Crippen LogP contribution in [0, 0.1) is 5.92 Å². The molecule has 0 heterocycles. The highest BCUT2D eigenvalue weighted by Gasteiger charge is 1.98. The van der Waals surface area contributed by atoms with Crippen molar-refractivity contribution in [3.63, 3.8) is 0 Å². The van der Waals surface area contributed by atoms with Crippen LogP contribution in [0.25, 0.3) is 0 Å². The molecule has 4 nitrogen and oxygen atoms in total. The summed E-state index contributed by atoms with van der Waals surface area (Å²) in [4.78, 5) is 4.21. The van der Waals surface area contributed by atoms with Crippen LogP contribution in [-0.2, 0) is 4.74 Å². The van der Waals surface area contributed by atoms with E-state index in [9.17, 15) is 0 Å². The van der Waals surface area contributed by atoms with Crippen LogP contribution < -0.4 is 10.6 Å². The molecule has 0 aromatic rings. The van der Waals surface area contributed by atoms with Crippen LogP contribution in [0.3, 0.4) is 0 Å². The van der Waals surface area contributed by atoms with Gasteiger partial charge in [-0.2, -0.15) is 0 Å².